The van der Waals surface area contributed by atoms with Crippen LogP contribution in [0, 0.1) is 5.92 Å². The van der Waals surface area contributed by atoms with E-state index >= 15 is 0 Å². The lowest BCUT2D eigenvalue weighted by molar-refractivity contribution is -0.130. The molecular formula is C16H19Cl2N5OS. The van der Waals surface area contributed by atoms with Crippen molar-refractivity contribution in [3.63, 3.8) is 0 Å². The van der Waals surface area contributed by atoms with Crippen LogP contribution in [0.2, 0.25) is 10.0 Å². The van der Waals surface area contributed by atoms with Gasteiger partial charge in [-0.15, -0.1) is 10.2 Å². The smallest absolute Gasteiger partial charge is 0.233 e. The quantitative estimate of drug-likeness (QED) is 0.630. The standard InChI is InChI=1S/C16H19Cl2N5OS/c1-10-3-2-6-22(8-10)14(24)9-25-16-21-20-15(23(16)19)12-7-11(17)4-5-13(12)18/h4-5,7,10H,2-3,6,8-9,19H2,1H3/t10-/m0/s1. The number of amides is 1. The van der Waals surface area contributed by atoms with Crippen LogP contribution in [-0.2, 0) is 4.79 Å². The molecule has 1 aromatic heterocycles. The molecule has 1 fully saturated rings. The highest BCUT2D eigenvalue weighted by atomic mass is 35.5. The second-order valence-electron chi connectivity index (χ2n) is 6.18. The summed E-state index contributed by atoms with van der Waals surface area (Å²) >= 11 is 13.5. The van der Waals surface area contributed by atoms with E-state index in [1.807, 2.05) is 4.90 Å². The summed E-state index contributed by atoms with van der Waals surface area (Å²) in [5.74, 6) is 7.43. The lowest BCUT2D eigenvalue weighted by atomic mass is 10.0. The molecule has 2 heterocycles. The number of benzene rings is 1. The fourth-order valence-corrected chi connectivity index (χ4v) is 3.99. The van der Waals surface area contributed by atoms with Gasteiger partial charge in [0.05, 0.1) is 10.8 Å². The topological polar surface area (TPSA) is 77.0 Å². The minimum Gasteiger partial charge on any atom is -0.342 e. The zero-order valence-corrected chi connectivity index (χ0v) is 16.1. The van der Waals surface area contributed by atoms with E-state index < -0.39 is 0 Å². The number of hydrogen-bond donors (Lipinski definition) is 1. The van der Waals surface area contributed by atoms with Crippen LogP contribution < -0.4 is 5.84 Å². The van der Waals surface area contributed by atoms with E-state index in [-0.39, 0.29) is 11.7 Å². The van der Waals surface area contributed by atoms with Crippen LogP contribution in [0.3, 0.4) is 0 Å². The van der Waals surface area contributed by atoms with E-state index in [0.29, 0.717) is 32.5 Å². The first-order valence-corrected chi connectivity index (χ1v) is 9.76. The third kappa shape index (κ3) is 4.22. The summed E-state index contributed by atoms with van der Waals surface area (Å²) in [6, 6.07) is 5.06. The van der Waals surface area contributed by atoms with Gasteiger partial charge in [-0.2, -0.15) is 0 Å². The SMILES string of the molecule is C[C@H]1CCCN(C(=O)CSc2nnc(-c3cc(Cl)ccc3Cl)n2N)C1. The summed E-state index contributed by atoms with van der Waals surface area (Å²) in [5, 5.41) is 9.64. The molecule has 1 atom stereocenters. The molecular weight excluding hydrogens is 381 g/mol. The maximum atomic E-state index is 12.4. The molecule has 2 aromatic rings. The Balaban J connectivity index is 1.69. The van der Waals surface area contributed by atoms with Crippen LogP contribution >= 0.6 is 35.0 Å². The first-order valence-electron chi connectivity index (χ1n) is 8.02. The second-order valence-corrected chi connectivity index (χ2v) is 7.96. The number of nitrogen functional groups attached to an aromatic ring is 1. The molecule has 1 amide bonds. The highest BCUT2D eigenvalue weighted by Gasteiger charge is 2.22. The average Bonchev–Trinajstić information content (AvgIpc) is 2.95. The number of hydrogen-bond acceptors (Lipinski definition) is 5. The van der Waals surface area contributed by atoms with Gasteiger partial charge in [-0.1, -0.05) is 41.9 Å². The molecule has 0 saturated carbocycles. The summed E-state index contributed by atoms with van der Waals surface area (Å²) in [6.07, 6.45) is 2.24. The van der Waals surface area contributed by atoms with Gasteiger partial charge in [0.1, 0.15) is 0 Å². The third-order valence-electron chi connectivity index (χ3n) is 4.17. The fraction of sp³-hybridized carbons (Fsp3) is 0.438. The lowest BCUT2D eigenvalue weighted by Crippen LogP contribution is -2.40. The Bertz CT molecular complexity index is 782. The number of carbonyl (C=O) groups excluding carboxylic acids is 1. The molecule has 1 saturated heterocycles. The monoisotopic (exact) mass is 399 g/mol. The number of thioether (sulfide) groups is 1. The fourth-order valence-electron chi connectivity index (χ4n) is 2.86. The number of carbonyl (C=O) groups is 1. The zero-order chi connectivity index (χ0) is 18.0. The Morgan fingerprint density at radius 2 is 2.20 bits per heavy atom. The van der Waals surface area contributed by atoms with Crippen LogP contribution in [0.5, 0.6) is 0 Å². The van der Waals surface area contributed by atoms with Crippen molar-refractivity contribution in [2.24, 2.45) is 5.92 Å². The van der Waals surface area contributed by atoms with E-state index in [9.17, 15) is 4.79 Å². The van der Waals surface area contributed by atoms with Crippen LogP contribution in [0.25, 0.3) is 11.4 Å². The molecule has 1 aromatic carbocycles. The highest BCUT2D eigenvalue weighted by Crippen LogP contribution is 2.30. The van der Waals surface area contributed by atoms with Gasteiger partial charge in [-0.3, -0.25) is 4.79 Å². The van der Waals surface area contributed by atoms with Gasteiger partial charge in [0.2, 0.25) is 11.1 Å². The van der Waals surface area contributed by atoms with Crippen molar-refractivity contribution in [3.05, 3.63) is 28.2 Å². The van der Waals surface area contributed by atoms with Crippen molar-refractivity contribution in [3.8, 4) is 11.4 Å². The molecule has 9 heteroatoms. The molecule has 25 heavy (non-hydrogen) atoms. The van der Waals surface area contributed by atoms with E-state index in [0.717, 1.165) is 19.5 Å². The van der Waals surface area contributed by atoms with E-state index in [2.05, 4.69) is 17.1 Å². The molecule has 3 rings (SSSR count). The number of rotatable bonds is 4. The third-order valence-corrected chi connectivity index (χ3v) is 5.66. The van der Waals surface area contributed by atoms with Crippen molar-refractivity contribution >= 4 is 40.9 Å². The summed E-state index contributed by atoms with van der Waals surface area (Å²) < 4.78 is 1.34. The van der Waals surface area contributed by atoms with Crippen molar-refractivity contribution < 1.29 is 4.79 Å². The van der Waals surface area contributed by atoms with E-state index in [1.165, 1.54) is 22.9 Å². The van der Waals surface area contributed by atoms with Gasteiger partial charge in [0, 0.05) is 23.7 Å². The largest absolute Gasteiger partial charge is 0.342 e. The van der Waals surface area contributed by atoms with Crippen molar-refractivity contribution in [1.82, 2.24) is 19.8 Å². The van der Waals surface area contributed by atoms with Gasteiger partial charge in [0.15, 0.2) is 5.82 Å². The molecule has 0 unspecified atom stereocenters. The van der Waals surface area contributed by atoms with E-state index in [4.69, 9.17) is 29.0 Å². The summed E-state index contributed by atoms with van der Waals surface area (Å²) in [5.41, 5.74) is 0.604. The Hall–Kier alpha value is -1.44. The number of piperidine rings is 1. The van der Waals surface area contributed by atoms with Crippen molar-refractivity contribution in [2.75, 3.05) is 24.7 Å². The Kier molecular flexibility index (Phi) is 5.76. The normalized spacial score (nSPS) is 17.7. The average molecular weight is 400 g/mol. The Labute approximate surface area is 160 Å². The Morgan fingerprint density at radius 3 is 2.96 bits per heavy atom. The first kappa shape index (κ1) is 18.4. The molecule has 0 spiro atoms. The molecule has 2 N–H and O–H groups in total. The highest BCUT2D eigenvalue weighted by molar-refractivity contribution is 7.99. The van der Waals surface area contributed by atoms with Crippen LogP contribution in [0.15, 0.2) is 23.4 Å². The van der Waals surface area contributed by atoms with Crippen molar-refractivity contribution in [2.45, 2.75) is 24.9 Å². The van der Waals surface area contributed by atoms with Gasteiger partial charge in [-0.05, 0) is 37.0 Å². The van der Waals surface area contributed by atoms with Gasteiger partial charge in [-0.25, -0.2) is 4.68 Å². The van der Waals surface area contributed by atoms with Crippen molar-refractivity contribution in [1.29, 1.82) is 0 Å². The Morgan fingerprint density at radius 1 is 1.40 bits per heavy atom. The first-order chi connectivity index (χ1) is 12.0. The number of likely N-dealkylation sites (tertiary alicyclic amines) is 1. The molecule has 6 nitrogen and oxygen atoms in total. The number of halogens is 2. The summed E-state index contributed by atoms with van der Waals surface area (Å²) in [7, 11) is 0. The maximum absolute atomic E-state index is 12.4. The molecule has 0 radical (unpaired) electrons. The van der Waals surface area contributed by atoms with E-state index in [1.54, 1.807) is 18.2 Å². The number of aromatic nitrogens is 3. The second kappa shape index (κ2) is 7.85. The number of nitrogens with zero attached hydrogens (tertiary/aromatic N) is 4. The lowest BCUT2D eigenvalue weighted by Gasteiger charge is -2.30. The summed E-state index contributed by atoms with van der Waals surface area (Å²) in [4.78, 5) is 14.3. The van der Waals surface area contributed by atoms with Crippen LogP contribution in [0.1, 0.15) is 19.8 Å². The maximum Gasteiger partial charge on any atom is 0.233 e. The van der Waals surface area contributed by atoms with Crippen LogP contribution in [-0.4, -0.2) is 44.5 Å². The molecule has 1 aliphatic rings. The molecule has 1 aliphatic heterocycles. The molecule has 0 bridgehead atoms. The zero-order valence-electron chi connectivity index (χ0n) is 13.8. The summed E-state index contributed by atoms with van der Waals surface area (Å²) in [6.45, 7) is 3.81. The van der Waals surface area contributed by atoms with Crippen LogP contribution in [0.4, 0.5) is 0 Å². The number of nitrogens with two attached hydrogens (primary N) is 1. The molecule has 0 aliphatic carbocycles. The molecule has 134 valence electrons. The van der Waals surface area contributed by atoms with Gasteiger partial charge >= 0.3 is 0 Å². The predicted octanol–water partition coefficient (Wildman–Crippen LogP) is 3.32. The minimum atomic E-state index is 0.0990. The predicted molar refractivity (Wildman–Crippen MR) is 101 cm³/mol. The minimum absolute atomic E-state index is 0.0990. The van der Waals surface area contributed by atoms with Gasteiger partial charge in [0.25, 0.3) is 0 Å². The van der Waals surface area contributed by atoms with Gasteiger partial charge < -0.3 is 10.7 Å².